The van der Waals surface area contributed by atoms with Gasteiger partial charge in [-0.3, -0.25) is 10.1 Å². The topological polar surface area (TPSA) is 95.7 Å². The number of nitro groups is 1. The van der Waals surface area contributed by atoms with E-state index in [2.05, 4.69) is 0 Å². The summed E-state index contributed by atoms with van der Waals surface area (Å²) >= 11 is 0. The Hall–Kier alpha value is -2.75. The van der Waals surface area contributed by atoms with Gasteiger partial charge in [-0.25, -0.2) is 8.42 Å². The van der Waals surface area contributed by atoms with Gasteiger partial charge in [-0.05, 0) is 36.4 Å². The number of rotatable bonds is 6. The van der Waals surface area contributed by atoms with E-state index in [1.54, 1.807) is 0 Å². The lowest BCUT2D eigenvalue weighted by atomic mass is 10.2. The number of benzene rings is 2. The number of hydrogen-bond donors (Lipinski definition) is 0. The van der Waals surface area contributed by atoms with Gasteiger partial charge < -0.3 is 9.47 Å². The molecular weight excluding hydrogens is 348 g/mol. The first-order valence-corrected chi connectivity index (χ1v) is 7.92. The second-order valence-corrected chi connectivity index (χ2v) is 6.39. The van der Waals surface area contributed by atoms with E-state index >= 15 is 0 Å². The first-order valence-electron chi connectivity index (χ1n) is 6.38. The number of ether oxygens (including phenoxy) is 2. The molecule has 2 aromatic rings. The number of hydrogen-bond acceptors (Lipinski definition) is 6. The van der Waals surface area contributed by atoms with E-state index in [9.17, 15) is 27.3 Å². The van der Waals surface area contributed by atoms with Crippen molar-refractivity contribution in [1.82, 2.24) is 0 Å². The largest absolute Gasteiger partial charge is 0.496 e. The van der Waals surface area contributed by atoms with Gasteiger partial charge in [0.25, 0.3) is 0 Å². The van der Waals surface area contributed by atoms with Crippen molar-refractivity contribution in [3.05, 3.63) is 52.6 Å². The van der Waals surface area contributed by atoms with Crippen LogP contribution < -0.4 is 9.47 Å². The van der Waals surface area contributed by atoms with Crippen LogP contribution in [-0.4, -0.2) is 26.2 Å². The van der Waals surface area contributed by atoms with Gasteiger partial charge >= 0.3 is 11.4 Å². The van der Waals surface area contributed by atoms with Crippen molar-refractivity contribution in [2.45, 2.75) is 10.7 Å². The molecular formula is C14H11F2NO6S. The zero-order chi connectivity index (χ0) is 17.9. The van der Waals surface area contributed by atoms with Crippen LogP contribution in [0.15, 0.2) is 47.4 Å². The Morgan fingerprint density at radius 2 is 1.67 bits per heavy atom. The van der Waals surface area contributed by atoms with Crippen LogP contribution in [0.2, 0.25) is 0 Å². The van der Waals surface area contributed by atoms with E-state index in [-0.39, 0.29) is 22.9 Å². The van der Waals surface area contributed by atoms with Gasteiger partial charge in [0.1, 0.15) is 11.5 Å². The molecule has 0 heterocycles. The Bertz CT molecular complexity index is 852. The summed E-state index contributed by atoms with van der Waals surface area (Å²) in [5.41, 5.74) is -0.362. The number of nitrogens with zero attached hydrogens (tertiary/aromatic N) is 1. The molecule has 0 atom stereocenters. The normalized spacial score (nSPS) is 11.3. The minimum atomic E-state index is -4.71. The molecule has 0 radical (unpaired) electrons. The fourth-order valence-electron chi connectivity index (χ4n) is 1.78. The molecule has 2 aromatic carbocycles. The summed E-state index contributed by atoms with van der Waals surface area (Å²) in [6.07, 6.45) is 0. The Balaban J connectivity index is 2.31. The fourth-order valence-corrected chi connectivity index (χ4v) is 2.50. The first kappa shape index (κ1) is 17.6. The van der Waals surface area contributed by atoms with E-state index in [0.29, 0.717) is 0 Å². The van der Waals surface area contributed by atoms with Crippen LogP contribution in [0.3, 0.4) is 0 Å². The monoisotopic (exact) mass is 359 g/mol. The second kappa shape index (κ2) is 6.79. The number of nitro benzene ring substituents is 1. The quantitative estimate of drug-likeness (QED) is 0.579. The molecule has 0 bridgehead atoms. The lowest BCUT2D eigenvalue weighted by molar-refractivity contribution is -0.385. The van der Waals surface area contributed by atoms with Crippen molar-refractivity contribution in [3.8, 4) is 17.2 Å². The molecule has 0 saturated carbocycles. The van der Waals surface area contributed by atoms with E-state index in [0.717, 1.165) is 30.3 Å². The van der Waals surface area contributed by atoms with Crippen LogP contribution in [0.5, 0.6) is 17.2 Å². The van der Waals surface area contributed by atoms with Crippen LogP contribution in [-0.2, 0) is 9.84 Å². The van der Waals surface area contributed by atoms with Crippen molar-refractivity contribution in [2.24, 2.45) is 0 Å². The summed E-state index contributed by atoms with van der Waals surface area (Å²) in [6.45, 7) is 0. The van der Waals surface area contributed by atoms with Crippen LogP contribution in [0.4, 0.5) is 14.5 Å². The van der Waals surface area contributed by atoms with Gasteiger partial charge in [-0.2, -0.15) is 8.78 Å². The molecule has 0 fully saturated rings. The third-order valence-electron chi connectivity index (χ3n) is 2.98. The highest BCUT2D eigenvalue weighted by molar-refractivity contribution is 7.91. The molecule has 7 nitrogen and oxygen atoms in total. The first-order chi connectivity index (χ1) is 11.3. The predicted octanol–water partition coefficient (Wildman–Crippen LogP) is 3.39. The van der Waals surface area contributed by atoms with E-state index in [1.807, 2.05) is 0 Å². The number of methoxy groups -OCH3 is 1. The molecule has 24 heavy (non-hydrogen) atoms. The number of sulfone groups is 1. The van der Waals surface area contributed by atoms with Gasteiger partial charge in [0, 0.05) is 0 Å². The minimum absolute atomic E-state index is 0.0523. The summed E-state index contributed by atoms with van der Waals surface area (Å²) in [7, 11) is -3.36. The fraction of sp³-hybridized carbons (Fsp3) is 0.143. The van der Waals surface area contributed by atoms with Crippen molar-refractivity contribution in [3.63, 3.8) is 0 Å². The lowest BCUT2D eigenvalue weighted by Gasteiger charge is -2.08. The highest BCUT2D eigenvalue weighted by Crippen LogP contribution is 2.34. The molecule has 0 aliphatic carbocycles. The van der Waals surface area contributed by atoms with Crippen LogP contribution in [0.1, 0.15) is 0 Å². The summed E-state index contributed by atoms with van der Waals surface area (Å²) in [6, 6.07) is 8.04. The summed E-state index contributed by atoms with van der Waals surface area (Å²) < 4.78 is 57.8. The number of alkyl halides is 2. The van der Waals surface area contributed by atoms with Gasteiger partial charge in [-0.15, -0.1) is 0 Å². The maximum atomic E-state index is 12.5. The Labute approximate surface area is 135 Å². The van der Waals surface area contributed by atoms with Gasteiger partial charge in [0.05, 0.1) is 23.0 Å². The minimum Gasteiger partial charge on any atom is -0.496 e. The van der Waals surface area contributed by atoms with Crippen molar-refractivity contribution in [2.75, 3.05) is 7.11 Å². The maximum absolute atomic E-state index is 12.5. The summed E-state index contributed by atoms with van der Waals surface area (Å²) in [5, 5.41) is 11.0. The molecule has 0 aromatic heterocycles. The highest BCUT2D eigenvalue weighted by atomic mass is 32.2. The molecule has 0 amide bonds. The average Bonchev–Trinajstić information content (AvgIpc) is 2.55. The van der Waals surface area contributed by atoms with Crippen LogP contribution >= 0.6 is 0 Å². The molecule has 2 rings (SSSR count). The third-order valence-corrected chi connectivity index (χ3v) is 4.38. The Kier molecular flexibility index (Phi) is 4.98. The maximum Gasteiger partial charge on any atom is 0.341 e. The molecule has 128 valence electrons. The molecule has 0 aliphatic heterocycles. The molecule has 0 aliphatic rings. The lowest BCUT2D eigenvalue weighted by Crippen LogP contribution is -2.11. The molecule has 0 spiro atoms. The SMILES string of the molecule is COc1ccc(Oc2ccc(S(=O)(=O)C(F)F)cc2)c([N+](=O)[O-])c1. The van der Waals surface area contributed by atoms with Crippen molar-refractivity contribution >= 4 is 15.5 Å². The van der Waals surface area contributed by atoms with Gasteiger partial charge in [-0.1, -0.05) is 0 Å². The smallest absolute Gasteiger partial charge is 0.341 e. The van der Waals surface area contributed by atoms with E-state index in [1.165, 1.54) is 19.2 Å². The highest BCUT2D eigenvalue weighted by Gasteiger charge is 2.26. The predicted molar refractivity (Wildman–Crippen MR) is 79.4 cm³/mol. The zero-order valence-electron chi connectivity index (χ0n) is 12.2. The van der Waals surface area contributed by atoms with Crippen molar-refractivity contribution < 1.29 is 31.6 Å². The Morgan fingerprint density at radius 3 is 2.17 bits per heavy atom. The third kappa shape index (κ3) is 3.59. The molecule has 10 heteroatoms. The second-order valence-electron chi connectivity index (χ2n) is 4.47. The van der Waals surface area contributed by atoms with E-state index in [4.69, 9.17) is 9.47 Å². The molecule has 0 saturated heterocycles. The zero-order valence-corrected chi connectivity index (χ0v) is 13.0. The van der Waals surface area contributed by atoms with Gasteiger partial charge in [0.2, 0.25) is 15.6 Å². The standard InChI is InChI=1S/C14H11F2NO6S/c1-22-10-4-7-13(12(8-10)17(18)19)23-9-2-5-11(6-3-9)24(20,21)14(15)16/h2-8,14H,1H3. The van der Waals surface area contributed by atoms with E-state index < -0.39 is 25.4 Å². The summed E-state index contributed by atoms with van der Waals surface area (Å²) in [4.78, 5) is 9.80. The van der Waals surface area contributed by atoms with Crippen LogP contribution in [0, 0.1) is 10.1 Å². The Morgan fingerprint density at radius 1 is 1.08 bits per heavy atom. The van der Waals surface area contributed by atoms with Crippen molar-refractivity contribution in [1.29, 1.82) is 0 Å². The molecule has 0 unspecified atom stereocenters. The average molecular weight is 359 g/mol. The summed E-state index contributed by atoms with van der Waals surface area (Å²) in [5.74, 6) is -3.33. The molecule has 0 N–H and O–H groups in total. The number of halogens is 2. The van der Waals surface area contributed by atoms with Crippen LogP contribution in [0.25, 0.3) is 0 Å². The van der Waals surface area contributed by atoms with Gasteiger partial charge in [0.15, 0.2) is 0 Å².